The Morgan fingerprint density at radius 1 is 1.20 bits per heavy atom. The first-order valence-corrected chi connectivity index (χ1v) is 8.26. The smallest absolute Gasteiger partial charge is 0.155 e. The summed E-state index contributed by atoms with van der Waals surface area (Å²) in [5.74, 6) is 2.02. The van der Waals surface area contributed by atoms with Gasteiger partial charge in [0, 0.05) is 11.8 Å². The van der Waals surface area contributed by atoms with Gasteiger partial charge >= 0.3 is 0 Å². The lowest BCUT2D eigenvalue weighted by Crippen LogP contribution is -2.34. The number of carbonyl (C=O) groups is 1. The Hall–Kier alpha value is -1.11. The summed E-state index contributed by atoms with van der Waals surface area (Å²) in [6, 6.07) is 0. The van der Waals surface area contributed by atoms with Gasteiger partial charge in [0.05, 0.1) is 0 Å². The minimum Gasteiger partial charge on any atom is -0.295 e. The SMILES string of the molecule is CC1CC=C2C3=C(CCC21)C1(C)CCC(=O)C=C1CC3. The molecule has 4 aliphatic rings. The van der Waals surface area contributed by atoms with Crippen LogP contribution in [0.15, 0.2) is 34.4 Å². The minimum absolute atomic E-state index is 0.207. The Morgan fingerprint density at radius 3 is 2.90 bits per heavy atom. The van der Waals surface area contributed by atoms with E-state index in [0.717, 1.165) is 31.1 Å². The van der Waals surface area contributed by atoms with Gasteiger partial charge in [-0.1, -0.05) is 31.1 Å². The first-order chi connectivity index (χ1) is 9.59. The first-order valence-electron chi connectivity index (χ1n) is 8.26. The van der Waals surface area contributed by atoms with E-state index in [1.807, 2.05) is 6.08 Å². The third kappa shape index (κ3) is 1.58. The molecule has 0 aromatic carbocycles. The van der Waals surface area contributed by atoms with Gasteiger partial charge in [0.1, 0.15) is 0 Å². The van der Waals surface area contributed by atoms with Gasteiger partial charge < -0.3 is 0 Å². The van der Waals surface area contributed by atoms with Crippen LogP contribution in [0.1, 0.15) is 58.8 Å². The summed E-state index contributed by atoms with van der Waals surface area (Å²) >= 11 is 0. The molecular formula is C19H24O. The Balaban J connectivity index is 1.81. The van der Waals surface area contributed by atoms with Crippen LogP contribution >= 0.6 is 0 Å². The normalized spacial score (nSPS) is 39.8. The average Bonchev–Trinajstić information content (AvgIpc) is 2.82. The van der Waals surface area contributed by atoms with Crippen LogP contribution in [-0.4, -0.2) is 5.78 Å². The molecule has 0 N–H and O–H groups in total. The highest BCUT2D eigenvalue weighted by Crippen LogP contribution is 2.57. The van der Waals surface area contributed by atoms with Crippen molar-refractivity contribution in [3.8, 4) is 0 Å². The zero-order chi connectivity index (χ0) is 13.9. The summed E-state index contributed by atoms with van der Waals surface area (Å²) in [7, 11) is 0. The molecule has 0 saturated heterocycles. The molecule has 0 amide bonds. The molecular weight excluding hydrogens is 244 g/mol. The zero-order valence-electron chi connectivity index (χ0n) is 12.7. The molecule has 0 aromatic rings. The molecule has 0 aliphatic heterocycles. The monoisotopic (exact) mass is 268 g/mol. The van der Waals surface area contributed by atoms with Gasteiger partial charge in [0.15, 0.2) is 5.78 Å². The highest BCUT2D eigenvalue weighted by molar-refractivity contribution is 5.92. The maximum Gasteiger partial charge on any atom is 0.155 e. The highest BCUT2D eigenvalue weighted by atomic mass is 16.1. The lowest BCUT2D eigenvalue weighted by molar-refractivity contribution is -0.115. The standard InChI is InChI=1S/C19H24O/c1-12-3-5-16-15(12)7-8-18-17(16)6-4-13-11-14(20)9-10-19(13,18)2/h5,11-12,15H,3-4,6-10H2,1-2H3. The summed E-state index contributed by atoms with van der Waals surface area (Å²) < 4.78 is 0. The van der Waals surface area contributed by atoms with Crippen molar-refractivity contribution in [3.63, 3.8) is 0 Å². The molecule has 20 heavy (non-hydrogen) atoms. The van der Waals surface area contributed by atoms with Crippen LogP contribution in [-0.2, 0) is 4.79 Å². The molecule has 0 spiro atoms. The first kappa shape index (κ1) is 12.6. The van der Waals surface area contributed by atoms with Crippen molar-refractivity contribution in [3.05, 3.63) is 34.4 Å². The van der Waals surface area contributed by atoms with Crippen molar-refractivity contribution in [2.75, 3.05) is 0 Å². The maximum absolute atomic E-state index is 11.7. The average molecular weight is 268 g/mol. The summed E-state index contributed by atoms with van der Waals surface area (Å²) in [5.41, 5.74) is 6.71. The number of rotatable bonds is 0. The maximum atomic E-state index is 11.7. The second-order valence-corrected chi connectivity index (χ2v) is 7.44. The van der Waals surface area contributed by atoms with Gasteiger partial charge in [-0.3, -0.25) is 4.79 Å². The van der Waals surface area contributed by atoms with E-state index in [-0.39, 0.29) is 5.41 Å². The van der Waals surface area contributed by atoms with E-state index in [4.69, 9.17) is 0 Å². The molecule has 4 rings (SSSR count). The number of carbonyl (C=O) groups excluding carboxylic acids is 1. The molecule has 0 bridgehead atoms. The van der Waals surface area contributed by atoms with E-state index in [1.165, 1.54) is 31.3 Å². The van der Waals surface area contributed by atoms with Gasteiger partial charge in [-0.15, -0.1) is 0 Å². The molecule has 0 aromatic heterocycles. The van der Waals surface area contributed by atoms with Crippen LogP contribution in [0, 0.1) is 17.3 Å². The van der Waals surface area contributed by atoms with Gasteiger partial charge in [-0.2, -0.15) is 0 Å². The van der Waals surface area contributed by atoms with Crippen molar-refractivity contribution in [1.29, 1.82) is 0 Å². The predicted molar refractivity (Wildman–Crippen MR) is 81.3 cm³/mol. The Bertz CT molecular complexity index is 575. The Morgan fingerprint density at radius 2 is 2.05 bits per heavy atom. The fourth-order valence-corrected chi connectivity index (χ4v) is 5.16. The lowest BCUT2D eigenvalue weighted by atomic mass is 9.58. The number of ketones is 1. The summed E-state index contributed by atoms with van der Waals surface area (Å²) in [6.45, 7) is 4.81. The van der Waals surface area contributed by atoms with Crippen LogP contribution in [0.5, 0.6) is 0 Å². The van der Waals surface area contributed by atoms with Crippen LogP contribution in [0.25, 0.3) is 0 Å². The molecule has 0 heterocycles. The van der Waals surface area contributed by atoms with Crippen molar-refractivity contribution in [1.82, 2.24) is 0 Å². The Kier molecular flexibility index (Phi) is 2.64. The van der Waals surface area contributed by atoms with Gasteiger partial charge in [-0.25, -0.2) is 0 Å². The molecule has 3 unspecified atom stereocenters. The second-order valence-electron chi connectivity index (χ2n) is 7.44. The number of hydrogen-bond acceptors (Lipinski definition) is 1. The summed E-state index contributed by atoms with van der Waals surface area (Å²) in [6.07, 6.45) is 12.5. The van der Waals surface area contributed by atoms with Crippen molar-refractivity contribution in [2.24, 2.45) is 17.3 Å². The quantitative estimate of drug-likeness (QED) is 0.619. The van der Waals surface area contributed by atoms with E-state index in [9.17, 15) is 4.79 Å². The number of hydrogen-bond donors (Lipinski definition) is 0. The Labute approximate surface area is 121 Å². The fourth-order valence-electron chi connectivity index (χ4n) is 5.16. The van der Waals surface area contributed by atoms with Crippen molar-refractivity contribution < 1.29 is 4.79 Å². The largest absolute Gasteiger partial charge is 0.295 e. The van der Waals surface area contributed by atoms with Crippen LogP contribution < -0.4 is 0 Å². The molecule has 3 atom stereocenters. The van der Waals surface area contributed by atoms with E-state index in [2.05, 4.69) is 19.9 Å². The van der Waals surface area contributed by atoms with Crippen molar-refractivity contribution in [2.45, 2.75) is 58.8 Å². The van der Waals surface area contributed by atoms with E-state index < -0.39 is 0 Å². The third-order valence-corrected chi connectivity index (χ3v) is 6.44. The van der Waals surface area contributed by atoms with E-state index in [1.54, 1.807) is 16.7 Å². The van der Waals surface area contributed by atoms with E-state index >= 15 is 0 Å². The van der Waals surface area contributed by atoms with E-state index in [0.29, 0.717) is 5.78 Å². The molecule has 0 fully saturated rings. The van der Waals surface area contributed by atoms with Gasteiger partial charge in [-0.05, 0) is 67.6 Å². The van der Waals surface area contributed by atoms with Crippen LogP contribution in [0.2, 0.25) is 0 Å². The topological polar surface area (TPSA) is 17.1 Å². The minimum atomic E-state index is 0.207. The summed E-state index contributed by atoms with van der Waals surface area (Å²) in [5, 5.41) is 0. The van der Waals surface area contributed by atoms with Gasteiger partial charge in [0.2, 0.25) is 0 Å². The third-order valence-electron chi connectivity index (χ3n) is 6.44. The molecule has 1 nitrogen and oxygen atoms in total. The molecule has 1 heteroatoms. The number of allylic oxidation sites excluding steroid dienone is 6. The fraction of sp³-hybridized carbons (Fsp3) is 0.632. The summed E-state index contributed by atoms with van der Waals surface area (Å²) in [4.78, 5) is 11.7. The van der Waals surface area contributed by atoms with Gasteiger partial charge in [0.25, 0.3) is 0 Å². The lowest BCUT2D eigenvalue weighted by Gasteiger charge is -2.46. The molecule has 0 radical (unpaired) electrons. The van der Waals surface area contributed by atoms with Crippen LogP contribution in [0.4, 0.5) is 0 Å². The number of fused-ring (bicyclic) bond motifs is 4. The predicted octanol–water partition coefficient (Wildman–Crippen LogP) is 4.75. The molecule has 0 saturated carbocycles. The van der Waals surface area contributed by atoms with Crippen LogP contribution in [0.3, 0.4) is 0 Å². The second kappa shape index (κ2) is 4.19. The molecule has 106 valence electrons. The molecule has 4 aliphatic carbocycles. The van der Waals surface area contributed by atoms with Crippen molar-refractivity contribution >= 4 is 5.78 Å². The zero-order valence-corrected chi connectivity index (χ0v) is 12.7. The highest BCUT2D eigenvalue weighted by Gasteiger charge is 2.44.